The first kappa shape index (κ1) is 15.0. The SMILES string of the molecule is CC(=O)N1CCC(NS(=O)(=O)Cc2ccc(C)cc2)C1. The summed E-state index contributed by atoms with van der Waals surface area (Å²) in [6.07, 6.45) is 0.673. The first-order chi connectivity index (χ1) is 9.35. The van der Waals surface area contributed by atoms with Gasteiger partial charge in [-0.2, -0.15) is 0 Å². The number of hydrogen-bond donors (Lipinski definition) is 1. The van der Waals surface area contributed by atoms with Gasteiger partial charge >= 0.3 is 0 Å². The molecule has 5 nitrogen and oxygen atoms in total. The Bertz CT molecular complexity index is 581. The molecular weight excluding hydrogens is 276 g/mol. The first-order valence-corrected chi connectivity index (χ1v) is 8.32. The van der Waals surface area contributed by atoms with Crippen molar-refractivity contribution < 1.29 is 13.2 Å². The minimum absolute atomic E-state index is 0.00904. The van der Waals surface area contributed by atoms with Gasteiger partial charge in [-0.25, -0.2) is 13.1 Å². The zero-order chi connectivity index (χ0) is 14.8. The number of hydrogen-bond acceptors (Lipinski definition) is 3. The fourth-order valence-corrected chi connectivity index (χ4v) is 3.76. The fraction of sp³-hybridized carbons (Fsp3) is 0.500. The number of amides is 1. The van der Waals surface area contributed by atoms with Crippen molar-refractivity contribution in [2.45, 2.75) is 32.1 Å². The largest absolute Gasteiger partial charge is 0.341 e. The number of nitrogens with one attached hydrogen (secondary N) is 1. The maximum atomic E-state index is 12.1. The summed E-state index contributed by atoms with van der Waals surface area (Å²) in [4.78, 5) is 12.9. The van der Waals surface area contributed by atoms with E-state index in [4.69, 9.17) is 0 Å². The smallest absolute Gasteiger partial charge is 0.219 e. The molecule has 20 heavy (non-hydrogen) atoms. The molecule has 0 bridgehead atoms. The van der Waals surface area contributed by atoms with Crippen LogP contribution in [0, 0.1) is 6.92 Å². The summed E-state index contributed by atoms with van der Waals surface area (Å²) < 4.78 is 26.9. The van der Waals surface area contributed by atoms with Gasteiger partial charge in [0, 0.05) is 26.1 Å². The van der Waals surface area contributed by atoms with Crippen molar-refractivity contribution in [2.24, 2.45) is 0 Å². The lowest BCUT2D eigenvalue weighted by molar-refractivity contribution is -0.127. The molecule has 1 atom stereocenters. The number of nitrogens with zero attached hydrogens (tertiary/aromatic N) is 1. The molecule has 110 valence electrons. The number of aryl methyl sites for hydroxylation is 1. The van der Waals surface area contributed by atoms with Crippen molar-refractivity contribution in [3.05, 3.63) is 35.4 Å². The third-order valence-corrected chi connectivity index (χ3v) is 4.86. The van der Waals surface area contributed by atoms with Crippen LogP contribution in [0.2, 0.25) is 0 Å². The molecule has 1 unspecified atom stereocenters. The predicted molar refractivity (Wildman–Crippen MR) is 77.6 cm³/mol. The first-order valence-electron chi connectivity index (χ1n) is 6.67. The van der Waals surface area contributed by atoms with Crippen LogP contribution in [0.4, 0.5) is 0 Å². The third kappa shape index (κ3) is 4.05. The van der Waals surface area contributed by atoms with Crippen molar-refractivity contribution in [1.29, 1.82) is 0 Å². The highest BCUT2D eigenvalue weighted by Crippen LogP contribution is 2.12. The summed E-state index contributed by atoms with van der Waals surface area (Å²) in [6.45, 7) is 4.55. The molecular formula is C14H20N2O3S. The summed E-state index contributed by atoms with van der Waals surface area (Å²) >= 11 is 0. The Balaban J connectivity index is 1.95. The van der Waals surface area contributed by atoms with Crippen LogP contribution in [0.5, 0.6) is 0 Å². The molecule has 1 aromatic rings. The monoisotopic (exact) mass is 296 g/mol. The van der Waals surface area contributed by atoms with E-state index in [-0.39, 0.29) is 17.7 Å². The van der Waals surface area contributed by atoms with E-state index in [0.717, 1.165) is 11.1 Å². The zero-order valence-corrected chi connectivity index (χ0v) is 12.6. The lowest BCUT2D eigenvalue weighted by atomic mass is 10.2. The van der Waals surface area contributed by atoms with E-state index in [1.165, 1.54) is 6.92 Å². The molecule has 0 aliphatic carbocycles. The molecule has 6 heteroatoms. The summed E-state index contributed by atoms with van der Waals surface area (Å²) in [5.74, 6) is -0.0330. The molecule has 0 aromatic heterocycles. The summed E-state index contributed by atoms with van der Waals surface area (Å²) in [5.41, 5.74) is 1.87. The number of carbonyl (C=O) groups excluding carboxylic acids is 1. The average Bonchev–Trinajstić information content (AvgIpc) is 2.79. The summed E-state index contributed by atoms with van der Waals surface area (Å²) in [7, 11) is -3.37. The van der Waals surface area contributed by atoms with Gasteiger partial charge in [-0.05, 0) is 18.9 Å². The summed E-state index contributed by atoms with van der Waals surface area (Å²) in [6, 6.07) is 7.28. The quantitative estimate of drug-likeness (QED) is 0.902. The van der Waals surface area contributed by atoms with E-state index in [2.05, 4.69) is 4.72 Å². The number of benzene rings is 1. The highest BCUT2D eigenvalue weighted by atomic mass is 32.2. The Morgan fingerprint density at radius 2 is 2.00 bits per heavy atom. The van der Waals surface area contributed by atoms with E-state index in [9.17, 15) is 13.2 Å². The molecule has 1 aliphatic rings. The Labute approximate surface area is 120 Å². The lowest BCUT2D eigenvalue weighted by Gasteiger charge is -2.15. The summed E-state index contributed by atoms with van der Waals surface area (Å²) in [5, 5.41) is 0. The highest BCUT2D eigenvalue weighted by molar-refractivity contribution is 7.88. The van der Waals surface area contributed by atoms with Gasteiger partial charge in [0.15, 0.2) is 0 Å². The van der Waals surface area contributed by atoms with Gasteiger partial charge in [-0.1, -0.05) is 29.8 Å². The van der Waals surface area contributed by atoms with E-state index < -0.39 is 10.0 Å². The maximum Gasteiger partial charge on any atom is 0.219 e. The Kier molecular flexibility index (Phi) is 4.45. The van der Waals surface area contributed by atoms with E-state index >= 15 is 0 Å². The van der Waals surface area contributed by atoms with E-state index in [1.54, 1.807) is 4.90 Å². The van der Waals surface area contributed by atoms with Gasteiger partial charge in [-0.3, -0.25) is 4.79 Å². The minimum atomic E-state index is -3.37. The molecule has 1 saturated heterocycles. The van der Waals surface area contributed by atoms with Gasteiger partial charge in [0.05, 0.1) is 5.75 Å². The molecule has 0 spiro atoms. The number of rotatable bonds is 4. The van der Waals surface area contributed by atoms with Crippen LogP contribution in [-0.4, -0.2) is 38.4 Å². The van der Waals surface area contributed by atoms with Crippen LogP contribution < -0.4 is 4.72 Å². The number of sulfonamides is 1. The molecule has 0 radical (unpaired) electrons. The van der Waals surface area contributed by atoms with Crippen molar-refractivity contribution in [3.63, 3.8) is 0 Å². The maximum absolute atomic E-state index is 12.1. The number of likely N-dealkylation sites (tertiary alicyclic amines) is 1. The van der Waals surface area contributed by atoms with Crippen LogP contribution in [-0.2, 0) is 20.6 Å². The van der Waals surface area contributed by atoms with Crippen LogP contribution in [0.15, 0.2) is 24.3 Å². The molecule has 0 saturated carbocycles. The predicted octanol–water partition coefficient (Wildman–Crippen LogP) is 1.04. The minimum Gasteiger partial charge on any atom is -0.341 e. The Hall–Kier alpha value is -1.40. The third-order valence-electron chi connectivity index (χ3n) is 3.46. The zero-order valence-electron chi connectivity index (χ0n) is 11.8. The molecule has 1 fully saturated rings. The normalized spacial score (nSPS) is 19.3. The second-order valence-corrected chi connectivity index (χ2v) is 7.07. The molecule has 2 rings (SSSR count). The van der Waals surface area contributed by atoms with Gasteiger partial charge in [0.25, 0.3) is 0 Å². The van der Waals surface area contributed by atoms with Crippen LogP contribution in [0.3, 0.4) is 0 Å². The molecule has 1 aliphatic heterocycles. The van der Waals surface area contributed by atoms with Crippen LogP contribution >= 0.6 is 0 Å². The molecule has 1 aromatic carbocycles. The fourth-order valence-electron chi connectivity index (χ4n) is 2.34. The van der Waals surface area contributed by atoms with Crippen molar-refractivity contribution in [2.75, 3.05) is 13.1 Å². The molecule has 1 amide bonds. The number of carbonyl (C=O) groups is 1. The van der Waals surface area contributed by atoms with Crippen molar-refractivity contribution >= 4 is 15.9 Å². The average molecular weight is 296 g/mol. The van der Waals surface area contributed by atoms with Gasteiger partial charge < -0.3 is 4.90 Å². The second kappa shape index (κ2) is 5.93. The highest BCUT2D eigenvalue weighted by Gasteiger charge is 2.27. The second-order valence-electron chi connectivity index (χ2n) is 5.31. The molecule has 1 N–H and O–H groups in total. The van der Waals surface area contributed by atoms with Crippen LogP contribution in [0.25, 0.3) is 0 Å². The standard InChI is InChI=1S/C14H20N2O3S/c1-11-3-5-13(6-4-11)10-20(18,19)15-14-7-8-16(9-14)12(2)17/h3-6,14-15H,7-10H2,1-2H3. The van der Waals surface area contributed by atoms with E-state index in [0.29, 0.717) is 19.5 Å². The van der Waals surface area contributed by atoms with Gasteiger partial charge in [0.2, 0.25) is 15.9 Å². The topological polar surface area (TPSA) is 66.5 Å². The van der Waals surface area contributed by atoms with Gasteiger partial charge in [0.1, 0.15) is 0 Å². The molecule has 1 heterocycles. The van der Waals surface area contributed by atoms with Crippen LogP contribution in [0.1, 0.15) is 24.5 Å². The van der Waals surface area contributed by atoms with Crippen molar-refractivity contribution in [1.82, 2.24) is 9.62 Å². The van der Waals surface area contributed by atoms with Gasteiger partial charge in [-0.15, -0.1) is 0 Å². The Morgan fingerprint density at radius 1 is 1.35 bits per heavy atom. The van der Waals surface area contributed by atoms with Crippen molar-refractivity contribution in [3.8, 4) is 0 Å². The Morgan fingerprint density at radius 3 is 2.55 bits per heavy atom. The van der Waals surface area contributed by atoms with E-state index in [1.807, 2.05) is 31.2 Å². The lowest BCUT2D eigenvalue weighted by Crippen LogP contribution is -2.38.